The minimum Gasteiger partial charge on any atom is -0.509 e. The second-order valence-corrected chi connectivity index (χ2v) is 0.258. The smallest absolute Gasteiger partial charge is 0.509 e. The van der Waals surface area contributed by atoms with E-state index < -0.39 is 0 Å². The molecule has 0 aromatic heterocycles. The number of aliphatic imine (C=N–C) groups is 1. The van der Waals surface area contributed by atoms with Crippen LogP contribution >= 0.6 is 0 Å². The van der Waals surface area contributed by atoms with Crippen molar-refractivity contribution in [3.05, 3.63) is 0 Å². The van der Waals surface area contributed by atoms with Gasteiger partial charge in [-0.2, -0.15) is 0 Å². The number of nitrogens with zero attached hydrogens (tertiary/aromatic N) is 1. The van der Waals surface area contributed by atoms with Crippen molar-refractivity contribution >= 4 is 6.72 Å². The Hall–Kier alpha value is 0.189. The van der Waals surface area contributed by atoms with Crippen molar-refractivity contribution in [1.82, 2.24) is 0 Å². The predicted octanol–water partition coefficient (Wildman–Crippen LogP) is 0.191. The van der Waals surface area contributed by atoms with Gasteiger partial charge in [-0.05, 0) is 7.05 Å². The SMILES string of the molecule is [CH-]=NC.[Cu+]. The van der Waals surface area contributed by atoms with E-state index in [1.54, 1.807) is 0 Å². The monoisotopic (exact) mass is 105 g/mol. The predicted molar refractivity (Wildman–Crippen MR) is 14.4 cm³/mol. The second kappa shape index (κ2) is 10.8. The summed E-state index contributed by atoms with van der Waals surface area (Å²) in [6.07, 6.45) is 0. The molecule has 0 heterocycles. The average molecular weight is 106 g/mol. The number of hydrogen-bond donors (Lipinski definition) is 0. The Labute approximate surface area is 36.6 Å². The van der Waals surface area contributed by atoms with Crippen LogP contribution in [0.25, 0.3) is 0 Å². The molecule has 0 rings (SSSR count). The molecule has 0 aromatic rings. The summed E-state index contributed by atoms with van der Waals surface area (Å²) in [7, 11) is 1.53. The molecule has 2 heteroatoms. The Kier molecular flexibility index (Phi) is 24.0. The van der Waals surface area contributed by atoms with Crippen molar-refractivity contribution < 1.29 is 17.1 Å². The van der Waals surface area contributed by atoms with E-state index in [0.717, 1.165) is 0 Å². The minimum absolute atomic E-state index is 0. The summed E-state index contributed by atoms with van der Waals surface area (Å²) in [5.41, 5.74) is 0. The molecule has 0 unspecified atom stereocenters. The molecule has 4 heavy (non-hydrogen) atoms. The maximum absolute atomic E-state index is 4.47. The number of rotatable bonds is 0. The van der Waals surface area contributed by atoms with E-state index in [1.165, 1.54) is 7.05 Å². The van der Waals surface area contributed by atoms with Crippen LogP contribution in [0.5, 0.6) is 0 Å². The molecule has 0 atom stereocenters. The van der Waals surface area contributed by atoms with Crippen molar-refractivity contribution in [2.24, 2.45) is 4.99 Å². The number of hydrogen-bond acceptors (Lipinski definition) is 1. The van der Waals surface area contributed by atoms with Gasteiger partial charge in [0.05, 0.1) is 0 Å². The summed E-state index contributed by atoms with van der Waals surface area (Å²) < 4.78 is 0. The van der Waals surface area contributed by atoms with Crippen LogP contribution in [0.3, 0.4) is 0 Å². The van der Waals surface area contributed by atoms with Crippen LogP contribution in [0.4, 0.5) is 0 Å². The van der Waals surface area contributed by atoms with E-state index in [1.807, 2.05) is 0 Å². The van der Waals surface area contributed by atoms with E-state index in [4.69, 9.17) is 0 Å². The van der Waals surface area contributed by atoms with Crippen LogP contribution in [-0.4, -0.2) is 13.8 Å². The molecule has 0 radical (unpaired) electrons. The van der Waals surface area contributed by atoms with Gasteiger partial charge in [-0.15, -0.1) is 0 Å². The van der Waals surface area contributed by atoms with Crippen molar-refractivity contribution in [1.29, 1.82) is 0 Å². The maximum atomic E-state index is 4.47. The first-order valence-corrected chi connectivity index (χ1v) is 0.705. The molecule has 0 aliphatic carbocycles. The molecule has 0 fully saturated rings. The molecule has 0 aliphatic heterocycles. The molecule has 0 amide bonds. The Morgan fingerprint density at radius 3 is 1.75 bits per heavy atom. The largest absolute Gasteiger partial charge is 1.00 e. The molecule has 0 spiro atoms. The van der Waals surface area contributed by atoms with E-state index in [-0.39, 0.29) is 17.1 Å². The third kappa shape index (κ3) is 86.3. The van der Waals surface area contributed by atoms with Gasteiger partial charge in [0.15, 0.2) is 0 Å². The zero-order valence-corrected chi connectivity index (χ0v) is 3.27. The zero-order chi connectivity index (χ0) is 2.71. The fraction of sp³-hybridized carbons (Fsp3) is 0.500. The molecular weight excluding hydrogens is 102 g/mol. The van der Waals surface area contributed by atoms with Gasteiger partial charge >= 0.3 is 17.1 Å². The third-order valence-corrected chi connectivity index (χ3v) is 0. The normalized spacial score (nSPS) is 3.25. The summed E-state index contributed by atoms with van der Waals surface area (Å²) >= 11 is 0. The zero-order valence-electron chi connectivity index (χ0n) is 2.33. The Morgan fingerprint density at radius 1 is 1.75 bits per heavy atom. The molecule has 0 N–H and O–H groups in total. The summed E-state index contributed by atoms with van der Waals surface area (Å²) in [6.45, 7) is 4.47. The quantitative estimate of drug-likeness (QED) is 0.237. The molecule has 1 nitrogen and oxygen atoms in total. The van der Waals surface area contributed by atoms with Gasteiger partial charge < -0.3 is 11.7 Å². The van der Waals surface area contributed by atoms with Crippen LogP contribution in [0.15, 0.2) is 4.99 Å². The maximum Gasteiger partial charge on any atom is 1.00 e. The van der Waals surface area contributed by atoms with Gasteiger partial charge in [-0.1, -0.05) is 0 Å². The van der Waals surface area contributed by atoms with Crippen molar-refractivity contribution in [3.8, 4) is 0 Å². The molecule has 0 aromatic carbocycles. The molecule has 0 bridgehead atoms. The third-order valence-electron chi connectivity index (χ3n) is 0. The van der Waals surface area contributed by atoms with E-state index in [9.17, 15) is 0 Å². The molecular formula is C2H4CuN. The van der Waals surface area contributed by atoms with Gasteiger partial charge in [-0.25, -0.2) is 0 Å². The molecule has 0 aliphatic rings. The van der Waals surface area contributed by atoms with Gasteiger partial charge in [0.25, 0.3) is 0 Å². The average Bonchev–Trinajstić information content (AvgIpc) is 0.918. The van der Waals surface area contributed by atoms with Gasteiger partial charge in [0, 0.05) is 0 Å². The van der Waals surface area contributed by atoms with E-state index in [2.05, 4.69) is 11.7 Å². The minimum atomic E-state index is 0. The summed E-state index contributed by atoms with van der Waals surface area (Å²) in [6, 6.07) is 0. The Bertz CT molecular complexity index is 13.5. The van der Waals surface area contributed by atoms with E-state index in [0.29, 0.717) is 0 Å². The van der Waals surface area contributed by atoms with Crippen molar-refractivity contribution in [2.75, 3.05) is 7.05 Å². The van der Waals surface area contributed by atoms with Crippen LogP contribution in [-0.2, 0) is 17.1 Å². The van der Waals surface area contributed by atoms with Crippen LogP contribution in [0.2, 0.25) is 0 Å². The molecule has 0 saturated heterocycles. The Morgan fingerprint density at radius 2 is 1.75 bits per heavy atom. The molecule has 28 valence electrons. The van der Waals surface area contributed by atoms with Gasteiger partial charge in [0.2, 0.25) is 0 Å². The summed E-state index contributed by atoms with van der Waals surface area (Å²) in [5, 5.41) is 0. The van der Waals surface area contributed by atoms with Crippen LogP contribution < -0.4 is 0 Å². The topological polar surface area (TPSA) is 12.4 Å². The summed E-state index contributed by atoms with van der Waals surface area (Å²) in [4.78, 5) is 3.00. The standard InChI is InChI=1S/C2H4N.Cu/c1-3-2;/h1H,2H3;/q-1;+1. The van der Waals surface area contributed by atoms with Crippen molar-refractivity contribution in [2.45, 2.75) is 0 Å². The summed E-state index contributed by atoms with van der Waals surface area (Å²) in [5.74, 6) is 0. The van der Waals surface area contributed by atoms with Crippen LogP contribution in [0, 0.1) is 0 Å². The van der Waals surface area contributed by atoms with Crippen LogP contribution in [0.1, 0.15) is 0 Å². The first-order valence-electron chi connectivity index (χ1n) is 0.705. The molecule has 0 saturated carbocycles. The first-order chi connectivity index (χ1) is 1.41. The fourth-order valence-corrected chi connectivity index (χ4v) is 0. The first kappa shape index (κ1) is 8.89. The van der Waals surface area contributed by atoms with Gasteiger partial charge in [0.1, 0.15) is 0 Å². The second-order valence-electron chi connectivity index (χ2n) is 0.258. The van der Waals surface area contributed by atoms with Gasteiger partial charge in [-0.3, -0.25) is 0 Å². The fourth-order valence-electron chi connectivity index (χ4n) is 0. The van der Waals surface area contributed by atoms with E-state index >= 15 is 0 Å². The Balaban J connectivity index is 0. The van der Waals surface area contributed by atoms with Crippen molar-refractivity contribution in [3.63, 3.8) is 0 Å².